The summed E-state index contributed by atoms with van der Waals surface area (Å²) in [6.45, 7) is 6.02. The van der Waals surface area contributed by atoms with Crippen LogP contribution in [0.1, 0.15) is 19.0 Å². The van der Waals surface area contributed by atoms with Crippen LogP contribution in [0.15, 0.2) is 37.0 Å². The summed E-state index contributed by atoms with van der Waals surface area (Å²) in [5.74, 6) is 0. The first-order valence-corrected chi connectivity index (χ1v) is 4.71. The standard InChI is InChI=1S/C12H12N2/c1-3-9(2)12-8-13-10-6-4-5-7-11(10)14-12/h4-8H,2-3H2,1H3. The van der Waals surface area contributed by atoms with E-state index < -0.39 is 0 Å². The number of fused-ring (bicyclic) bond motifs is 1. The number of aromatic nitrogens is 2. The van der Waals surface area contributed by atoms with Gasteiger partial charge in [-0.1, -0.05) is 25.6 Å². The van der Waals surface area contributed by atoms with E-state index in [0.29, 0.717) is 0 Å². The number of benzene rings is 1. The van der Waals surface area contributed by atoms with E-state index in [2.05, 4.69) is 23.5 Å². The van der Waals surface area contributed by atoms with E-state index in [0.717, 1.165) is 28.7 Å². The molecule has 70 valence electrons. The van der Waals surface area contributed by atoms with Gasteiger partial charge in [-0.15, -0.1) is 0 Å². The van der Waals surface area contributed by atoms with Crippen molar-refractivity contribution in [1.29, 1.82) is 0 Å². The van der Waals surface area contributed by atoms with Crippen LogP contribution < -0.4 is 0 Å². The Balaban J connectivity index is 2.56. The van der Waals surface area contributed by atoms with Crippen LogP contribution in [0.3, 0.4) is 0 Å². The SMILES string of the molecule is C=C(CC)c1cnc2ccccc2n1. The zero-order valence-electron chi connectivity index (χ0n) is 8.20. The van der Waals surface area contributed by atoms with Gasteiger partial charge in [0.05, 0.1) is 22.9 Å². The Kier molecular flexibility index (Phi) is 2.27. The largest absolute Gasteiger partial charge is 0.252 e. The predicted molar refractivity (Wildman–Crippen MR) is 58.9 cm³/mol. The summed E-state index contributed by atoms with van der Waals surface area (Å²) in [5.41, 5.74) is 3.79. The zero-order valence-corrected chi connectivity index (χ0v) is 8.20. The van der Waals surface area contributed by atoms with Crippen LogP contribution in [-0.4, -0.2) is 9.97 Å². The number of para-hydroxylation sites is 2. The molecule has 2 aromatic rings. The third-order valence-corrected chi connectivity index (χ3v) is 2.24. The molecule has 0 amide bonds. The van der Waals surface area contributed by atoms with Gasteiger partial charge in [0.15, 0.2) is 0 Å². The summed E-state index contributed by atoms with van der Waals surface area (Å²) in [6, 6.07) is 7.86. The molecule has 0 saturated heterocycles. The molecular weight excluding hydrogens is 172 g/mol. The third-order valence-electron chi connectivity index (χ3n) is 2.24. The van der Waals surface area contributed by atoms with Crippen molar-refractivity contribution in [3.05, 3.63) is 42.7 Å². The highest BCUT2D eigenvalue weighted by molar-refractivity contribution is 5.76. The molecule has 0 aliphatic heterocycles. The van der Waals surface area contributed by atoms with Gasteiger partial charge in [-0.25, -0.2) is 4.98 Å². The molecule has 0 spiro atoms. The Bertz CT molecular complexity index is 474. The minimum atomic E-state index is 0.895. The quantitative estimate of drug-likeness (QED) is 0.716. The lowest BCUT2D eigenvalue weighted by molar-refractivity contribution is 1.17. The summed E-state index contributed by atoms with van der Waals surface area (Å²) in [5, 5.41) is 0. The fourth-order valence-corrected chi connectivity index (χ4v) is 1.31. The average Bonchev–Trinajstić information content (AvgIpc) is 2.27. The number of allylic oxidation sites excluding steroid dienone is 1. The van der Waals surface area contributed by atoms with Crippen LogP contribution >= 0.6 is 0 Å². The molecule has 0 fully saturated rings. The van der Waals surface area contributed by atoms with Crippen molar-refractivity contribution in [1.82, 2.24) is 9.97 Å². The first-order chi connectivity index (χ1) is 6.81. The number of hydrogen-bond donors (Lipinski definition) is 0. The van der Waals surface area contributed by atoms with Crippen LogP contribution in [0.25, 0.3) is 16.6 Å². The summed E-state index contributed by atoms with van der Waals surface area (Å²) in [6.07, 6.45) is 2.70. The second-order valence-corrected chi connectivity index (χ2v) is 3.20. The molecule has 0 bridgehead atoms. The average molecular weight is 184 g/mol. The van der Waals surface area contributed by atoms with Gasteiger partial charge >= 0.3 is 0 Å². The van der Waals surface area contributed by atoms with Gasteiger partial charge in [-0.2, -0.15) is 0 Å². The van der Waals surface area contributed by atoms with Crippen molar-refractivity contribution in [2.45, 2.75) is 13.3 Å². The lowest BCUT2D eigenvalue weighted by Gasteiger charge is -2.02. The maximum Gasteiger partial charge on any atom is 0.0894 e. The van der Waals surface area contributed by atoms with Gasteiger partial charge in [0.2, 0.25) is 0 Å². The highest BCUT2D eigenvalue weighted by Crippen LogP contribution is 2.15. The summed E-state index contributed by atoms with van der Waals surface area (Å²) >= 11 is 0. The molecule has 14 heavy (non-hydrogen) atoms. The molecule has 0 atom stereocenters. The lowest BCUT2D eigenvalue weighted by atomic mass is 10.1. The molecule has 0 radical (unpaired) electrons. The Morgan fingerprint density at radius 3 is 2.71 bits per heavy atom. The molecule has 0 unspecified atom stereocenters. The van der Waals surface area contributed by atoms with Crippen molar-refractivity contribution >= 4 is 16.6 Å². The van der Waals surface area contributed by atoms with Crippen LogP contribution in [0.4, 0.5) is 0 Å². The lowest BCUT2D eigenvalue weighted by Crippen LogP contribution is -1.90. The molecule has 0 aliphatic carbocycles. The number of hydrogen-bond acceptors (Lipinski definition) is 2. The van der Waals surface area contributed by atoms with E-state index in [1.165, 1.54) is 0 Å². The topological polar surface area (TPSA) is 25.8 Å². The number of rotatable bonds is 2. The summed E-state index contributed by atoms with van der Waals surface area (Å²) in [7, 11) is 0. The van der Waals surface area contributed by atoms with Crippen LogP contribution in [-0.2, 0) is 0 Å². The third kappa shape index (κ3) is 1.51. The van der Waals surface area contributed by atoms with Gasteiger partial charge < -0.3 is 0 Å². The maximum atomic E-state index is 4.48. The van der Waals surface area contributed by atoms with E-state index in [1.54, 1.807) is 6.20 Å². The highest BCUT2D eigenvalue weighted by Gasteiger charge is 2.00. The van der Waals surface area contributed by atoms with Crippen LogP contribution in [0.5, 0.6) is 0 Å². The Hall–Kier alpha value is -1.70. The first-order valence-electron chi connectivity index (χ1n) is 4.71. The van der Waals surface area contributed by atoms with Gasteiger partial charge in [-0.3, -0.25) is 4.98 Å². The van der Waals surface area contributed by atoms with E-state index in [1.807, 2.05) is 24.3 Å². The number of nitrogens with zero attached hydrogens (tertiary/aromatic N) is 2. The van der Waals surface area contributed by atoms with Crippen molar-refractivity contribution < 1.29 is 0 Å². The monoisotopic (exact) mass is 184 g/mol. The van der Waals surface area contributed by atoms with E-state index >= 15 is 0 Å². The summed E-state index contributed by atoms with van der Waals surface area (Å²) < 4.78 is 0. The minimum Gasteiger partial charge on any atom is -0.252 e. The second kappa shape index (κ2) is 3.58. The fourth-order valence-electron chi connectivity index (χ4n) is 1.31. The summed E-state index contributed by atoms with van der Waals surface area (Å²) in [4.78, 5) is 8.81. The van der Waals surface area contributed by atoms with Crippen molar-refractivity contribution in [3.8, 4) is 0 Å². The Labute approximate surface area is 83.3 Å². The van der Waals surface area contributed by atoms with E-state index in [-0.39, 0.29) is 0 Å². The van der Waals surface area contributed by atoms with Crippen LogP contribution in [0.2, 0.25) is 0 Å². The van der Waals surface area contributed by atoms with Gasteiger partial charge in [0.25, 0.3) is 0 Å². The van der Waals surface area contributed by atoms with Crippen molar-refractivity contribution in [2.24, 2.45) is 0 Å². The molecule has 1 heterocycles. The van der Waals surface area contributed by atoms with Gasteiger partial charge in [0.1, 0.15) is 0 Å². The molecule has 2 rings (SSSR count). The second-order valence-electron chi connectivity index (χ2n) is 3.20. The fraction of sp³-hybridized carbons (Fsp3) is 0.167. The first kappa shape index (κ1) is 8.88. The highest BCUT2D eigenvalue weighted by atomic mass is 14.8. The Morgan fingerprint density at radius 1 is 1.29 bits per heavy atom. The zero-order chi connectivity index (χ0) is 9.97. The van der Waals surface area contributed by atoms with E-state index in [9.17, 15) is 0 Å². The predicted octanol–water partition coefficient (Wildman–Crippen LogP) is 3.05. The Morgan fingerprint density at radius 2 is 2.00 bits per heavy atom. The molecule has 2 nitrogen and oxygen atoms in total. The van der Waals surface area contributed by atoms with Gasteiger partial charge in [0, 0.05) is 0 Å². The minimum absolute atomic E-state index is 0.895. The smallest absolute Gasteiger partial charge is 0.0894 e. The van der Waals surface area contributed by atoms with Crippen LogP contribution in [0, 0.1) is 0 Å². The molecular formula is C12H12N2. The maximum absolute atomic E-state index is 4.48. The molecule has 0 N–H and O–H groups in total. The molecule has 0 saturated carbocycles. The van der Waals surface area contributed by atoms with Crippen molar-refractivity contribution in [3.63, 3.8) is 0 Å². The molecule has 2 heteroatoms. The molecule has 1 aromatic carbocycles. The van der Waals surface area contributed by atoms with E-state index in [4.69, 9.17) is 0 Å². The van der Waals surface area contributed by atoms with Crippen molar-refractivity contribution in [2.75, 3.05) is 0 Å². The molecule has 1 aromatic heterocycles. The molecule has 0 aliphatic rings. The van der Waals surface area contributed by atoms with Gasteiger partial charge in [-0.05, 0) is 24.1 Å². The normalized spacial score (nSPS) is 10.4.